The average Bonchev–Trinajstić information content (AvgIpc) is 2.52. The van der Waals surface area contributed by atoms with E-state index >= 15 is 0 Å². The van der Waals surface area contributed by atoms with Crippen molar-refractivity contribution in [3.8, 4) is 5.75 Å². The van der Waals surface area contributed by atoms with Crippen molar-refractivity contribution in [3.63, 3.8) is 0 Å². The van der Waals surface area contributed by atoms with Crippen molar-refractivity contribution in [1.82, 2.24) is 5.32 Å². The third-order valence-corrected chi connectivity index (χ3v) is 4.89. The van der Waals surface area contributed by atoms with Crippen molar-refractivity contribution in [2.75, 3.05) is 41.9 Å². The summed E-state index contributed by atoms with van der Waals surface area (Å²) in [5.41, 5.74) is 1.36. The highest BCUT2D eigenvalue weighted by Crippen LogP contribution is 2.33. The third-order valence-electron chi connectivity index (χ3n) is 3.76. The molecule has 2 aliphatic rings. The summed E-state index contributed by atoms with van der Waals surface area (Å²) in [4.78, 5) is 25.3. The standard InChI is InChI=1S/C15H19N3O3S/c1-18-12-6-10(2-3-13(12)21-8-15(18)20)17-14(19)7-11-9-22-5-4-16-11/h2-3,6,11,16H,4-5,7-9H2,1H3,(H,17,19). The molecule has 1 atom stereocenters. The van der Waals surface area contributed by atoms with Crippen LogP contribution in [-0.2, 0) is 9.59 Å². The lowest BCUT2D eigenvalue weighted by atomic mass is 10.2. The monoisotopic (exact) mass is 321 g/mol. The summed E-state index contributed by atoms with van der Waals surface area (Å²) in [6.07, 6.45) is 0.454. The quantitative estimate of drug-likeness (QED) is 0.872. The average molecular weight is 321 g/mol. The summed E-state index contributed by atoms with van der Waals surface area (Å²) in [5.74, 6) is 2.60. The number of carbonyl (C=O) groups is 2. The van der Waals surface area contributed by atoms with Gasteiger partial charge in [0.1, 0.15) is 5.75 Å². The summed E-state index contributed by atoms with van der Waals surface area (Å²) in [6, 6.07) is 5.57. The van der Waals surface area contributed by atoms with Crippen LogP contribution in [0.3, 0.4) is 0 Å². The summed E-state index contributed by atoms with van der Waals surface area (Å²) in [5, 5.41) is 6.24. The van der Waals surface area contributed by atoms with E-state index in [1.54, 1.807) is 30.1 Å². The maximum Gasteiger partial charge on any atom is 0.264 e. The summed E-state index contributed by atoms with van der Waals surface area (Å²) in [6.45, 7) is 1.01. The minimum atomic E-state index is -0.0978. The van der Waals surface area contributed by atoms with Crippen molar-refractivity contribution in [2.24, 2.45) is 0 Å². The van der Waals surface area contributed by atoms with Crippen LogP contribution in [0.2, 0.25) is 0 Å². The highest BCUT2D eigenvalue weighted by atomic mass is 32.2. The number of thioether (sulfide) groups is 1. The van der Waals surface area contributed by atoms with Gasteiger partial charge in [-0.15, -0.1) is 0 Å². The zero-order valence-corrected chi connectivity index (χ0v) is 13.2. The van der Waals surface area contributed by atoms with E-state index in [1.807, 2.05) is 11.8 Å². The molecule has 118 valence electrons. The van der Waals surface area contributed by atoms with E-state index < -0.39 is 0 Å². The van der Waals surface area contributed by atoms with E-state index in [9.17, 15) is 9.59 Å². The minimum Gasteiger partial charge on any atom is -0.482 e. The number of hydrogen-bond donors (Lipinski definition) is 2. The van der Waals surface area contributed by atoms with Gasteiger partial charge >= 0.3 is 0 Å². The van der Waals surface area contributed by atoms with E-state index in [0.717, 1.165) is 18.1 Å². The fraction of sp³-hybridized carbons (Fsp3) is 0.467. The Morgan fingerprint density at radius 3 is 3.18 bits per heavy atom. The van der Waals surface area contributed by atoms with Crippen LogP contribution >= 0.6 is 11.8 Å². The van der Waals surface area contributed by atoms with Crippen LogP contribution in [0.4, 0.5) is 11.4 Å². The Kier molecular flexibility index (Phi) is 4.54. The maximum atomic E-state index is 12.1. The first-order chi connectivity index (χ1) is 10.6. The number of fused-ring (bicyclic) bond motifs is 1. The summed E-state index contributed by atoms with van der Waals surface area (Å²) < 4.78 is 5.37. The number of benzene rings is 1. The van der Waals surface area contributed by atoms with Crippen LogP contribution in [0.1, 0.15) is 6.42 Å². The van der Waals surface area contributed by atoms with E-state index in [-0.39, 0.29) is 24.5 Å². The molecule has 1 aromatic carbocycles. The molecule has 6 nitrogen and oxygen atoms in total. The lowest BCUT2D eigenvalue weighted by Crippen LogP contribution is -2.40. The van der Waals surface area contributed by atoms with Gasteiger partial charge in [-0.25, -0.2) is 0 Å². The Labute approximate surface area is 133 Å². The molecular weight excluding hydrogens is 302 g/mol. The Hall–Kier alpha value is -1.73. The molecule has 0 aliphatic carbocycles. The lowest BCUT2D eigenvalue weighted by molar-refractivity contribution is -0.121. The Balaban J connectivity index is 1.65. The Morgan fingerprint density at radius 1 is 1.55 bits per heavy atom. The minimum absolute atomic E-state index is 0.0225. The number of amides is 2. The number of carbonyl (C=O) groups excluding carboxylic acids is 2. The molecule has 2 N–H and O–H groups in total. The number of ether oxygens (including phenoxy) is 1. The molecule has 1 unspecified atom stereocenters. The molecule has 2 amide bonds. The van der Waals surface area contributed by atoms with Gasteiger partial charge in [0, 0.05) is 43.2 Å². The molecule has 1 saturated heterocycles. The largest absolute Gasteiger partial charge is 0.482 e. The third kappa shape index (κ3) is 3.36. The smallest absolute Gasteiger partial charge is 0.264 e. The van der Waals surface area contributed by atoms with Gasteiger partial charge in [-0.2, -0.15) is 11.8 Å². The summed E-state index contributed by atoms with van der Waals surface area (Å²) >= 11 is 1.87. The van der Waals surface area contributed by atoms with E-state index in [4.69, 9.17) is 4.74 Å². The SMILES string of the molecule is CN1C(=O)COc2ccc(NC(=O)CC3CSCCN3)cc21. The van der Waals surface area contributed by atoms with Crippen molar-refractivity contribution in [1.29, 1.82) is 0 Å². The molecule has 0 saturated carbocycles. The van der Waals surface area contributed by atoms with E-state index in [2.05, 4.69) is 10.6 Å². The van der Waals surface area contributed by atoms with Gasteiger partial charge in [0.2, 0.25) is 5.91 Å². The second-order valence-corrected chi connectivity index (χ2v) is 6.55. The first kappa shape index (κ1) is 15.2. The Bertz CT molecular complexity index is 587. The van der Waals surface area contributed by atoms with Gasteiger partial charge in [-0.3, -0.25) is 9.59 Å². The zero-order chi connectivity index (χ0) is 15.5. The molecule has 7 heteroatoms. The lowest BCUT2D eigenvalue weighted by Gasteiger charge is -2.26. The highest BCUT2D eigenvalue weighted by molar-refractivity contribution is 7.99. The second kappa shape index (κ2) is 6.58. The fourth-order valence-corrected chi connectivity index (χ4v) is 3.49. The van der Waals surface area contributed by atoms with Crippen molar-refractivity contribution in [2.45, 2.75) is 12.5 Å². The van der Waals surface area contributed by atoms with Gasteiger partial charge in [0.15, 0.2) is 6.61 Å². The van der Waals surface area contributed by atoms with Gasteiger partial charge in [0.05, 0.1) is 5.69 Å². The number of nitrogens with one attached hydrogen (secondary N) is 2. The van der Waals surface area contributed by atoms with E-state index in [0.29, 0.717) is 23.5 Å². The van der Waals surface area contributed by atoms with Crippen LogP contribution in [0.25, 0.3) is 0 Å². The first-order valence-corrected chi connectivity index (χ1v) is 8.43. The fourth-order valence-electron chi connectivity index (χ4n) is 2.54. The van der Waals surface area contributed by atoms with Crippen LogP contribution in [0.15, 0.2) is 18.2 Å². The van der Waals surface area contributed by atoms with Crippen molar-refractivity contribution >= 4 is 35.0 Å². The number of anilines is 2. The number of rotatable bonds is 3. The molecule has 0 aromatic heterocycles. The first-order valence-electron chi connectivity index (χ1n) is 7.28. The topological polar surface area (TPSA) is 70.7 Å². The van der Waals surface area contributed by atoms with Crippen LogP contribution < -0.4 is 20.3 Å². The van der Waals surface area contributed by atoms with Gasteiger partial charge in [-0.05, 0) is 18.2 Å². The van der Waals surface area contributed by atoms with Crippen LogP contribution in [0, 0.1) is 0 Å². The predicted molar refractivity (Wildman–Crippen MR) is 87.7 cm³/mol. The second-order valence-electron chi connectivity index (χ2n) is 5.40. The molecule has 2 heterocycles. The molecule has 1 aromatic rings. The normalized spacial score (nSPS) is 21.0. The molecule has 1 fully saturated rings. The van der Waals surface area contributed by atoms with Crippen LogP contribution in [0.5, 0.6) is 5.75 Å². The van der Waals surface area contributed by atoms with Gasteiger partial charge < -0.3 is 20.3 Å². The zero-order valence-electron chi connectivity index (χ0n) is 12.4. The highest BCUT2D eigenvalue weighted by Gasteiger charge is 2.23. The van der Waals surface area contributed by atoms with Crippen molar-refractivity contribution < 1.29 is 14.3 Å². The molecule has 22 heavy (non-hydrogen) atoms. The predicted octanol–water partition coefficient (Wildman–Crippen LogP) is 1.08. The van der Waals surface area contributed by atoms with Gasteiger partial charge in [-0.1, -0.05) is 0 Å². The van der Waals surface area contributed by atoms with Crippen LogP contribution in [-0.4, -0.2) is 49.6 Å². The number of nitrogens with zero attached hydrogens (tertiary/aromatic N) is 1. The number of likely N-dealkylation sites (N-methyl/N-ethyl adjacent to an activating group) is 1. The maximum absolute atomic E-state index is 12.1. The molecule has 0 radical (unpaired) electrons. The molecular formula is C15H19N3O3S. The Morgan fingerprint density at radius 2 is 2.41 bits per heavy atom. The van der Waals surface area contributed by atoms with E-state index in [1.165, 1.54) is 0 Å². The molecule has 0 spiro atoms. The molecule has 3 rings (SSSR count). The number of hydrogen-bond acceptors (Lipinski definition) is 5. The van der Waals surface area contributed by atoms with Crippen molar-refractivity contribution in [3.05, 3.63) is 18.2 Å². The summed E-state index contributed by atoms with van der Waals surface area (Å²) in [7, 11) is 1.71. The molecule has 2 aliphatic heterocycles. The van der Waals surface area contributed by atoms with Gasteiger partial charge in [0.25, 0.3) is 5.91 Å². The molecule has 0 bridgehead atoms.